The van der Waals surface area contributed by atoms with Gasteiger partial charge in [0, 0.05) is 17.3 Å². The first-order valence-corrected chi connectivity index (χ1v) is 9.77. The Bertz CT molecular complexity index is 1030. The first kappa shape index (κ1) is 16.8. The van der Waals surface area contributed by atoms with Gasteiger partial charge in [0.25, 0.3) is 0 Å². The number of aromatic hydroxyl groups is 1. The second kappa shape index (κ2) is 6.69. The van der Waals surface area contributed by atoms with E-state index in [1.165, 1.54) is 16.7 Å². The minimum Gasteiger partial charge on any atom is -0.508 e. The van der Waals surface area contributed by atoms with Crippen molar-refractivity contribution in [2.24, 2.45) is 0 Å². The molecule has 0 bridgehead atoms. The summed E-state index contributed by atoms with van der Waals surface area (Å²) < 4.78 is 0. The van der Waals surface area contributed by atoms with E-state index < -0.39 is 0 Å². The van der Waals surface area contributed by atoms with Crippen molar-refractivity contribution in [3.05, 3.63) is 138 Å². The molecule has 2 atom stereocenters. The fraction of sp³-hybridized carbons (Fsp3) is 0.111. The third-order valence-corrected chi connectivity index (χ3v) is 6.14. The highest BCUT2D eigenvalue weighted by Crippen LogP contribution is 2.74. The average molecular weight is 362 g/mol. The second-order valence-electron chi connectivity index (χ2n) is 7.53. The van der Waals surface area contributed by atoms with Gasteiger partial charge < -0.3 is 5.11 Å². The fourth-order valence-electron chi connectivity index (χ4n) is 4.99. The van der Waals surface area contributed by atoms with Crippen LogP contribution in [0.4, 0.5) is 0 Å². The van der Waals surface area contributed by atoms with Gasteiger partial charge in [-0.2, -0.15) is 0 Å². The molecule has 0 saturated heterocycles. The molecule has 1 heteroatoms. The molecule has 4 aromatic rings. The van der Waals surface area contributed by atoms with Crippen LogP contribution in [-0.2, 0) is 5.41 Å². The van der Waals surface area contributed by atoms with E-state index in [4.69, 9.17) is 0 Å². The summed E-state index contributed by atoms with van der Waals surface area (Å²) in [5.74, 6) is 0.829. The van der Waals surface area contributed by atoms with Crippen LogP contribution in [0.5, 0.6) is 5.75 Å². The Kier molecular flexibility index (Phi) is 4.02. The van der Waals surface area contributed by atoms with Crippen molar-refractivity contribution in [1.29, 1.82) is 0 Å². The van der Waals surface area contributed by atoms with Gasteiger partial charge >= 0.3 is 0 Å². The maximum absolute atomic E-state index is 10.7. The van der Waals surface area contributed by atoms with Crippen LogP contribution < -0.4 is 0 Å². The third kappa shape index (κ3) is 2.47. The van der Waals surface area contributed by atoms with Crippen LogP contribution in [0, 0.1) is 0 Å². The lowest BCUT2D eigenvalue weighted by atomic mass is 9.82. The third-order valence-electron chi connectivity index (χ3n) is 6.14. The van der Waals surface area contributed by atoms with Crippen molar-refractivity contribution < 1.29 is 5.11 Å². The Morgan fingerprint density at radius 1 is 0.500 bits per heavy atom. The predicted molar refractivity (Wildman–Crippen MR) is 114 cm³/mol. The summed E-state index contributed by atoms with van der Waals surface area (Å²) in [5.41, 5.74) is 4.72. The SMILES string of the molecule is Oc1ccccc1[C@@H]1[C@H](c2ccccc2)C1(c1ccccc1)c1ccccc1. The molecular formula is C27H22O. The normalized spacial score (nSPS) is 19.9. The molecule has 1 N–H and O–H groups in total. The van der Waals surface area contributed by atoms with Crippen LogP contribution in [0.25, 0.3) is 0 Å². The van der Waals surface area contributed by atoms with Crippen LogP contribution in [0.1, 0.15) is 34.1 Å². The van der Waals surface area contributed by atoms with E-state index in [1.807, 2.05) is 12.1 Å². The first-order valence-electron chi connectivity index (χ1n) is 9.77. The smallest absolute Gasteiger partial charge is 0.119 e. The topological polar surface area (TPSA) is 20.2 Å². The molecule has 1 nitrogen and oxygen atoms in total. The van der Waals surface area contributed by atoms with Crippen LogP contribution >= 0.6 is 0 Å². The zero-order chi connectivity index (χ0) is 19.0. The Morgan fingerprint density at radius 2 is 0.964 bits per heavy atom. The molecule has 136 valence electrons. The molecule has 28 heavy (non-hydrogen) atoms. The lowest BCUT2D eigenvalue weighted by molar-refractivity contribution is 0.467. The van der Waals surface area contributed by atoms with Crippen LogP contribution in [0.2, 0.25) is 0 Å². The summed E-state index contributed by atoms with van der Waals surface area (Å²) in [6, 6.07) is 40.0. The predicted octanol–water partition coefficient (Wildman–Crippen LogP) is 6.26. The zero-order valence-electron chi connectivity index (χ0n) is 15.6. The van der Waals surface area contributed by atoms with Crippen molar-refractivity contribution >= 4 is 0 Å². The highest BCUT2D eigenvalue weighted by Gasteiger charge is 2.67. The van der Waals surface area contributed by atoms with Gasteiger partial charge in [0.05, 0.1) is 0 Å². The van der Waals surface area contributed by atoms with Crippen molar-refractivity contribution in [2.75, 3.05) is 0 Å². The summed E-state index contributed by atoms with van der Waals surface area (Å²) in [5, 5.41) is 10.7. The van der Waals surface area contributed by atoms with Crippen molar-refractivity contribution in [3.63, 3.8) is 0 Å². The van der Waals surface area contributed by atoms with Gasteiger partial charge in [-0.3, -0.25) is 0 Å². The molecule has 5 rings (SSSR count). The number of hydrogen-bond acceptors (Lipinski definition) is 1. The quantitative estimate of drug-likeness (QED) is 0.454. The van der Waals surface area contributed by atoms with Crippen LogP contribution in [0.15, 0.2) is 115 Å². The summed E-state index contributed by atoms with van der Waals surface area (Å²) in [7, 11) is 0. The monoisotopic (exact) mass is 362 g/mol. The number of phenolic OH excluding ortho intramolecular Hbond substituents is 1. The lowest BCUT2D eigenvalue weighted by Gasteiger charge is -2.21. The van der Waals surface area contributed by atoms with E-state index in [2.05, 4.69) is 97.1 Å². The number of benzene rings is 4. The Hall–Kier alpha value is -3.32. The lowest BCUT2D eigenvalue weighted by Crippen LogP contribution is -2.13. The molecule has 1 fully saturated rings. The van der Waals surface area contributed by atoms with E-state index in [0.717, 1.165) is 5.56 Å². The molecule has 0 amide bonds. The number of hydrogen-bond donors (Lipinski definition) is 1. The average Bonchev–Trinajstić information content (AvgIpc) is 3.47. The van der Waals surface area contributed by atoms with E-state index in [-0.39, 0.29) is 17.3 Å². The van der Waals surface area contributed by atoms with E-state index in [1.54, 1.807) is 6.07 Å². The van der Waals surface area contributed by atoms with E-state index in [0.29, 0.717) is 5.75 Å². The molecule has 0 aromatic heterocycles. The van der Waals surface area contributed by atoms with Gasteiger partial charge in [0.15, 0.2) is 0 Å². The van der Waals surface area contributed by atoms with Crippen molar-refractivity contribution in [1.82, 2.24) is 0 Å². The minimum absolute atomic E-state index is 0.181. The molecule has 0 aliphatic heterocycles. The summed E-state index contributed by atoms with van der Waals surface area (Å²) in [4.78, 5) is 0. The first-order chi connectivity index (χ1) is 13.8. The molecule has 1 aliphatic rings. The minimum atomic E-state index is -0.192. The zero-order valence-corrected chi connectivity index (χ0v) is 15.6. The molecule has 0 spiro atoms. The van der Waals surface area contributed by atoms with Gasteiger partial charge in [-0.1, -0.05) is 109 Å². The van der Waals surface area contributed by atoms with Gasteiger partial charge in [-0.25, -0.2) is 0 Å². The highest BCUT2D eigenvalue weighted by molar-refractivity contribution is 5.63. The molecule has 0 unspecified atom stereocenters. The van der Waals surface area contributed by atoms with Crippen molar-refractivity contribution in [2.45, 2.75) is 17.3 Å². The van der Waals surface area contributed by atoms with E-state index in [9.17, 15) is 5.11 Å². The molecular weight excluding hydrogens is 340 g/mol. The van der Waals surface area contributed by atoms with Crippen molar-refractivity contribution in [3.8, 4) is 5.75 Å². The highest BCUT2D eigenvalue weighted by atomic mass is 16.3. The maximum atomic E-state index is 10.7. The molecule has 1 saturated carbocycles. The maximum Gasteiger partial charge on any atom is 0.119 e. The molecule has 1 aliphatic carbocycles. The Morgan fingerprint density at radius 3 is 1.50 bits per heavy atom. The van der Waals surface area contributed by atoms with Crippen LogP contribution in [0.3, 0.4) is 0 Å². The number of para-hydroxylation sites is 1. The molecule has 0 heterocycles. The molecule has 0 radical (unpaired) electrons. The summed E-state index contributed by atoms with van der Waals surface area (Å²) in [6.45, 7) is 0. The van der Waals surface area contributed by atoms with Gasteiger partial charge in [-0.05, 0) is 28.3 Å². The van der Waals surface area contributed by atoms with Gasteiger partial charge in [0.2, 0.25) is 0 Å². The number of phenols is 1. The number of rotatable bonds is 4. The van der Waals surface area contributed by atoms with Gasteiger partial charge in [0.1, 0.15) is 5.75 Å². The molecule has 4 aromatic carbocycles. The Balaban J connectivity index is 1.79. The van der Waals surface area contributed by atoms with Crippen LogP contribution in [-0.4, -0.2) is 5.11 Å². The standard InChI is InChI=1S/C27H22O/c28-24-19-11-10-18-23(24)26-25(20-12-4-1-5-13-20)27(26,21-14-6-2-7-15-21)22-16-8-3-9-17-22/h1-19,25-26,28H/t25-,26+/m0/s1. The van der Waals surface area contributed by atoms with Gasteiger partial charge in [-0.15, -0.1) is 0 Å². The second-order valence-corrected chi connectivity index (χ2v) is 7.53. The fourth-order valence-corrected chi connectivity index (χ4v) is 4.99. The largest absolute Gasteiger partial charge is 0.508 e. The van der Waals surface area contributed by atoms with E-state index >= 15 is 0 Å². The summed E-state index contributed by atoms with van der Waals surface area (Å²) >= 11 is 0. The Labute approximate surface area is 165 Å². The summed E-state index contributed by atoms with van der Waals surface area (Å²) in [6.07, 6.45) is 0.